The van der Waals surface area contributed by atoms with Crippen LogP contribution in [0, 0.1) is 0 Å². The first kappa shape index (κ1) is 59.1. The van der Waals surface area contributed by atoms with Crippen LogP contribution in [0.4, 0.5) is 0 Å². The van der Waals surface area contributed by atoms with E-state index in [9.17, 15) is 14.4 Å². The largest absolute Gasteiger partial charge is 0.462 e. The monoisotopic (exact) mass is 867 g/mol. The Hall–Kier alpha value is -2.89. The van der Waals surface area contributed by atoms with E-state index in [0.717, 1.165) is 96.3 Å². The molecule has 62 heavy (non-hydrogen) atoms. The quantitative estimate of drug-likeness (QED) is 0.0262. The average molecular weight is 867 g/mol. The van der Waals surface area contributed by atoms with E-state index in [1.807, 2.05) is 0 Å². The fraction of sp³-hybridized carbons (Fsp3) is 0.768. The highest BCUT2D eigenvalue weighted by Gasteiger charge is 2.19. The third-order valence-electron chi connectivity index (χ3n) is 11.2. The molecular weight excluding hydrogens is 769 g/mol. The van der Waals surface area contributed by atoms with Gasteiger partial charge in [0, 0.05) is 19.3 Å². The molecule has 6 heteroatoms. The minimum Gasteiger partial charge on any atom is -0.462 e. The molecule has 0 fully saturated rings. The second-order valence-corrected chi connectivity index (χ2v) is 17.4. The standard InChI is InChI=1S/C56H98O6/c1-4-7-10-13-16-19-22-25-26-27-28-29-30-32-34-37-40-43-46-49-55(58)61-52-53(51-60-54(57)48-45-42-39-36-33-24-21-18-15-12-9-6-3)62-56(59)50-47-44-41-38-35-31-23-20-17-14-11-8-5-2/h7,10,16,18-19,21,25-26,31,35,53H,4-6,8-9,11-15,17,20,22-24,27-30,32-34,36-52H2,1-3H3/b10-7-,19-16-,21-18-,26-25-,35-31-. The van der Waals surface area contributed by atoms with Gasteiger partial charge in [0.05, 0.1) is 0 Å². The Morgan fingerprint density at radius 1 is 0.339 bits per heavy atom. The molecule has 358 valence electrons. The van der Waals surface area contributed by atoms with E-state index in [0.29, 0.717) is 19.3 Å². The molecule has 1 unspecified atom stereocenters. The van der Waals surface area contributed by atoms with Gasteiger partial charge >= 0.3 is 17.9 Å². The smallest absolute Gasteiger partial charge is 0.306 e. The van der Waals surface area contributed by atoms with Gasteiger partial charge < -0.3 is 14.2 Å². The van der Waals surface area contributed by atoms with E-state index in [-0.39, 0.29) is 31.1 Å². The van der Waals surface area contributed by atoms with Gasteiger partial charge in [0.1, 0.15) is 13.2 Å². The molecule has 0 saturated carbocycles. The van der Waals surface area contributed by atoms with E-state index in [2.05, 4.69) is 81.5 Å². The molecule has 0 bridgehead atoms. The Balaban J connectivity index is 4.36. The molecule has 0 radical (unpaired) electrons. The number of rotatable bonds is 47. The van der Waals surface area contributed by atoms with Crippen molar-refractivity contribution in [1.29, 1.82) is 0 Å². The Morgan fingerprint density at radius 3 is 1.05 bits per heavy atom. The summed E-state index contributed by atoms with van der Waals surface area (Å²) in [4.78, 5) is 38.0. The normalized spacial score (nSPS) is 12.5. The molecule has 0 spiro atoms. The van der Waals surface area contributed by atoms with Gasteiger partial charge in [0.25, 0.3) is 0 Å². The fourth-order valence-corrected chi connectivity index (χ4v) is 7.27. The number of carbonyl (C=O) groups is 3. The zero-order chi connectivity index (χ0) is 45.1. The lowest BCUT2D eigenvalue weighted by molar-refractivity contribution is -0.167. The van der Waals surface area contributed by atoms with Crippen molar-refractivity contribution in [2.45, 2.75) is 264 Å². The zero-order valence-electron chi connectivity index (χ0n) is 40.9. The van der Waals surface area contributed by atoms with Crippen LogP contribution in [0.5, 0.6) is 0 Å². The average Bonchev–Trinajstić information content (AvgIpc) is 3.27. The highest BCUT2D eigenvalue weighted by atomic mass is 16.6. The van der Waals surface area contributed by atoms with Crippen molar-refractivity contribution in [2.24, 2.45) is 0 Å². The van der Waals surface area contributed by atoms with Crippen LogP contribution >= 0.6 is 0 Å². The van der Waals surface area contributed by atoms with E-state index >= 15 is 0 Å². The lowest BCUT2D eigenvalue weighted by Gasteiger charge is -2.18. The maximum Gasteiger partial charge on any atom is 0.306 e. The molecule has 0 aliphatic rings. The molecular formula is C56H98O6. The second-order valence-electron chi connectivity index (χ2n) is 17.4. The van der Waals surface area contributed by atoms with Crippen LogP contribution in [0.2, 0.25) is 0 Å². The first-order valence-electron chi connectivity index (χ1n) is 26.3. The molecule has 0 aromatic rings. The topological polar surface area (TPSA) is 78.9 Å². The van der Waals surface area contributed by atoms with Crippen molar-refractivity contribution in [2.75, 3.05) is 13.2 Å². The molecule has 0 amide bonds. The minimum atomic E-state index is -0.786. The van der Waals surface area contributed by atoms with Crippen LogP contribution in [0.3, 0.4) is 0 Å². The van der Waals surface area contributed by atoms with Crippen LogP contribution < -0.4 is 0 Å². The molecule has 0 aromatic heterocycles. The van der Waals surface area contributed by atoms with Gasteiger partial charge in [0.2, 0.25) is 0 Å². The summed E-state index contributed by atoms with van der Waals surface area (Å²) in [5.41, 5.74) is 0. The number of hydrogen-bond acceptors (Lipinski definition) is 6. The third-order valence-corrected chi connectivity index (χ3v) is 11.2. The summed E-state index contributed by atoms with van der Waals surface area (Å²) < 4.78 is 16.8. The Bertz CT molecular complexity index is 1130. The first-order chi connectivity index (χ1) is 30.5. The molecule has 0 aliphatic heterocycles. The maximum absolute atomic E-state index is 12.8. The summed E-state index contributed by atoms with van der Waals surface area (Å²) in [6.07, 6.45) is 62.0. The number of carbonyl (C=O) groups excluding carboxylic acids is 3. The fourth-order valence-electron chi connectivity index (χ4n) is 7.27. The minimum absolute atomic E-state index is 0.0852. The van der Waals surface area contributed by atoms with Crippen LogP contribution in [-0.4, -0.2) is 37.2 Å². The van der Waals surface area contributed by atoms with Gasteiger partial charge in [-0.15, -0.1) is 0 Å². The van der Waals surface area contributed by atoms with Crippen molar-refractivity contribution in [3.63, 3.8) is 0 Å². The lowest BCUT2D eigenvalue weighted by Crippen LogP contribution is -2.30. The predicted octanol–water partition coefficient (Wildman–Crippen LogP) is 17.3. The Morgan fingerprint density at radius 2 is 0.629 bits per heavy atom. The number of ether oxygens (including phenoxy) is 3. The zero-order valence-corrected chi connectivity index (χ0v) is 40.9. The summed E-state index contributed by atoms with van der Waals surface area (Å²) in [6.45, 7) is 6.48. The van der Waals surface area contributed by atoms with Crippen molar-refractivity contribution in [1.82, 2.24) is 0 Å². The van der Waals surface area contributed by atoms with E-state index < -0.39 is 6.10 Å². The Kier molecular flexibility index (Phi) is 48.4. The summed E-state index contributed by atoms with van der Waals surface area (Å²) in [5, 5.41) is 0. The van der Waals surface area contributed by atoms with E-state index in [1.165, 1.54) is 122 Å². The molecule has 0 saturated heterocycles. The lowest BCUT2D eigenvalue weighted by atomic mass is 10.1. The number of allylic oxidation sites excluding steroid dienone is 10. The molecule has 0 N–H and O–H groups in total. The molecule has 0 heterocycles. The van der Waals surface area contributed by atoms with Crippen molar-refractivity contribution < 1.29 is 28.6 Å². The predicted molar refractivity (Wildman–Crippen MR) is 265 cm³/mol. The van der Waals surface area contributed by atoms with Crippen LogP contribution in [0.1, 0.15) is 258 Å². The van der Waals surface area contributed by atoms with Crippen LogP contribution in [-0.2, 0) is 28.6 Å². The van der Waals surface area contributed by atoms with E-state index in [1.54, 1.807) is 0 Å². The van der Waals surface area contributed by atoms with E-state index in [4.69, 9.17) is 14.2 Å². The van der Waals surface area contributed by atoms with Gasteiger partial charge in [-0.3, -0.25) is 14.4 Å². The number of esters is 3. The highest BCUT2D eigenvalue weighted by Crippen LogP contribution is 2.14. The maximum atomic E-state index is 12.8. The molecule has 6 nitrogen and oxygen atoms in total. The number of hydrogen-bond donors (Lipinski definition) is 0. The van der Waals surface area contributed by atoms with Gasteiger partial charge in [-0.05, 0) is 103 Å². The van der Waals surface area contributed by atoms with Gasteiger partial charge in [0.15, 0.2) is 6.10 Å². The van der Waals surface area contributed by atoms with Gasteiger partial charge in [-0.25, -0.2) is 0 Å². The first-order valence-corrected chi connectivity index (χ1v) is 26.3. The molecule has 0 rings (SSSR count). The summed E-state index contributed by atoms with van der Waals surface area (Å²) in [6, 6.07) is 0. The second kappa shape index (κ2) is 50.8. The SMILES string of the molecule is CC/C=C\C/C=C\C/C=C\CCCCCCCCCCCC(=O)OCC(COC(=O)CCCCCCC/C=C\CCCCC)OC(=O)CCCCC/C=C\CCCCCCCC. The Labute approximate surface area is 383 Å². The molecule has 0 aliphatic carbocycles. The molecule has 1 atom stereocenters. The number of unbranched alkanes of at least 4 members (excludes halogenated alkanes) is 26. The van der Waals surface area contributed by atoms with Crippen LogP contribution in [0.25, 0.3) is 0 Å². The van der Waals surface area contributed by atoms with Gasteiger partial charge in [-0.1, -0.05) is 197 Å². The summed E-state index contributed by atoms with van der Waals surface area (Å²) in [5.74, 6) is -0.912. The van der Waals surface area contributed by atoms with Gasteiger partial charge in [-0.2, -0.15) is 0 Å². The van der Waals surface area contributed by atoms with Crippen molar-refractivity contribution in [3.05, 3.63) is 60.8 Å². The summed E-state index contributed by atoms with van der Waals surface area (Å²) in [7, 11) is 0. The highest BCUT2D eigenvalue weighted by molar-refractivity contribution is 5.71. The van der Waals surface area contributed by atoms with Crippen LogP contribution in [0.15, 0.2) is 60.8 Å². The van der Waals surface area contributed by atoms with Crippen molar-refractivity contribution in [3.8, 4) is 0 Å². The van der Waals surface area contributed by atoms with Crippen molar-refractivity contribution >= 4 is 17.9 Å². The third kappa shape index (κ3) is 48.1. The summed E-state index contributed by atoms with van der Waals surface area (Å²) >= 11 is 0. The molecule has 0 aromatic carbocycles.